The van der Waals surface area contributed by atoms with Gasteiger partial charge in [-0.1, -0.05) is 0 Å². The second-order valence-electron chi connectivity index (χ2n) is 2.39. The van der Waals surface area contributed by atoms with Crippen molar-refractivity contribution in [2.45, 2.75) is 6.36 Å². The maximum absolute atomic E-state index is 11.9. The van der Waals surface area contributed by atoms with E-state index in [0.717, 1.165) is 6.20 Å². The number of nitrogens with two attached hydrogens (primary N) is 1. The van der Waals surface area contributed by atoms with Crippen molar-refractivity contribution in [3.05, 3.63) is 11.8 Å². The van der Waals surface area contributed by atoms with Crippen LogP contribution in [-0.2, 0) is 0 Å². The topological polar surface area (TPSA) is 92.2 Å². The lowest BCUT2D eigenvalue weighted by Crippen LogP contribution is -2.19. The van der Waals surface area contributed by atoms with Crippen molar-refractivity contribution in [1.29, 1.82) is 5.26 Å². The predicted molar refractivity (Wildman–Crippen MR) is 41.7 cm³/mol. The molecule has 0 atom stereocenters. The number of ether oxygens (including phenoxy) is 1. The average molecular weight is 219 g/mol. The third-order valence-electron chi connectivity index (χ3n) is 1.37. The van der Waals surface area contributed by atoms with Crippen LogP contribution in [0.2, 0.25) is 0 Å². The smallest absolute Gasteiger partial charge is 0.505 e. The van der Waals surface area contributed by atoms with E-state index in [1.54, 1.807) is 0 Å². The van der Waals surface area contributed by atoms with Crippen molar-refractivity contribution >= 4 is 5.82 Å². The largest absolute Gasteiger partial charge is 0.573 e. The number of hydrogen-bond acceptors (Lipinski definition) is 5. The van der Waals surface area contributed by atoms with Gasteiger partial charge in [-0.25, -0.2) is 4.98 Å². The minimum atomic E-state index is -5.00. The normalized spacial score (nSPS) is 10.8. The lowest BCUT2D eigenvalue weighted by molar-refractivity contribution is -0.274. The van der Waals surface area contributed by atoms with Gasteiger partial charge in [0.05, 0.1) is 6.20 Å². The molecule has 1 heterocycles. The fourth-order valence-electron chi connectivity index (χ4n) is 0.825. The van der Waals surface area contributed by atoms with E-state index in [2.05, 4.69) is 9.72 Å². The Labute approximate surface area is 81.5 Å². The standard InChI is InChI=1S/C7H4F3N3O2/c8-7(9,10)15-5-3(1-11)4(14)2-13-6(5)12/h2,14H,(H2,12,13). The van der Waals surface area contributed by atoms with E-state index < -0.39 is 29.2 Å². The highest BCUT2D eigenvalue weighted by molar-refractivity contribution is 5.61. The van der Waals surface area contributed by atoms with Gasteiger partial charge in [0.1, 0.15) is 11.6 Å². The molecule has 0 spiro atoms. The van der Waals surface area contributed by atoms with Gasteiger partial charge in [0.25, 0.3) is 0 Å². The van der Waals surface area contributed by atoms with Crippen LogP contribution in [0.5, 0.6) is 11.5 Å². The number of hydrogen-bond donors (Lipinski definition) is 2. The SMILES string of the molecule is N#Cc1c(O)cnc(N)c1OC(F)(F)F. The second kappa shape index (κ2) is 3.53. The van der Waals surface area contributed by atoms with Crippen LogP contribution >= 0.6 is 0 Å². The van der Waals surface area contributed by atoms with Crippen LogP contribution in [0.4, 0.5) is 19.0 Å². The Bertz CT molecular complexity index is 425. The summed E-state index contributed by atoms with van der Waals surface area (Å²) in [5.74, 6) is -2.35. The van der Waals surface area contributed by atoms with Crippen molar-refractivity contribution in [1.82, 2.24) is 4.98 Å². The molecule has 0 aliphatic heterocycles. The third-order valence-corrected chi connectivity index (χ3v) is 1.37. The van der Waals surface area contributed by atoms with Crippen LogP contribution in [0.15, 0.2) is 6.20 Å². The number of anilines is 1. The molecule has 3 N–H and O–H groups in total. The summed E-state index contributed by atoms with van der Waals surface area (Å²) < 4.78 is 39.1. The summed E-state index contributed by atoms with van der Waals surface area (Å²) in [6.07, 6.45) is -4.24. The number of aromatic nitrogens is 1. The molecular formula is C7H4F3N3O2. The van der Waals surface area contributed by atoms with E-state index in [1.807, 2.05) is 0 Å². The summed E-state index contributed by atoms with van der Waals surface area (Å²) in [6.45, 7) is 0. The van der Waals surface area contributed by atoms with Crippen LogP contribution in [0, 0.1) is 11.3 Å². The molecule has 5 nitrogen and oxygen atoms in total. The van der Waals surface area contributed by atoms with Gasteiger partial charge in [0.15, 0.2) is 17.3 Å². The highest BCUT2D eigenvalue weighted by Crippen LogP contribution is 2.34. The predicted octanol–water partition coefficient (Wildman–Crippen LogP) is 1.14. The highest BCUT2D eigenvalue weighted by Gasteiger charge is 2.34. The van der Waals surface area contributed by atoms with Crippen LogP contribution in [0.3, 0.4) is 0 Å². The van der Waals surface area contributed by atoms with Gasteiger partial charge in [-0.3, -0.25) is 0 Å². The fourth-order valence-corrected chi connectivity index (χ4v) is 0.825. The van der Waals surface area contributed by atoms with E-state index in [0.29, 0.717) is 0 Å². The van der Waals surface area contributed by atoms with Gasteiger partial charge in [0, 0.05) is 0 Å². The molecule has 0 aromatic carbocycles. The van der Waals surface area contributed by atoms with Gasteiger partial charge < -0.3 is 15.6 Å². The lowest BCUT2D eigenvalue weighted by Gasteiger charge is -2.11. The summed E-state index contributed by atoms with van der Waals surface area (Å²) in [6, 6.07) is 1.33. The van der Waals surface area contributed by atoms with E-state index in [-0.39, 0.29) is 0 Å². The number of aromatic hydroxyl groups is 1. The minimum Gasteiger partial charge on any atom is -0.505 e. The second-order valence-corrected chi connectivity index (χ2v) is 2.39. The first-order valence-corrected chi connectivity index (χ1v) is 3.48. The summed E-state index contributed by atoms with van der Waals surface area (Å²) in [5.41, 5.74) is 4.37. The number of pyridine rings is 1. The fraction of sp³-hybridized carbons (Fsp3) is 0.143. The molecule has 1 rings (SSSR count). The van der Waals surface area contributed by atoms with Crippen LogP contribution in [-0.4, -0.2) is 16.5 Å². The van der Waals surface area contributed by atoms with Gasteiger partial charge in [0.2, 0.25) is 0 Å². The first-order valence-electron chi connectivity index (χ1n) is 3.48. The minimum absolute atomic E-state index is 0.623. The third kappa shape index (κ3) is 2.40. The summed E-state index contributed by atoms with van der Waals surface area (Å²) in [5, 5.41) is 17.5. The van der Waals surface area contributed by atoms with Crippen molar-refractivity contribution in [2.24, 2.45) is 0 Å². The number of alkyl halides is 3. The molecule has 0 saturated heterocycles. The molecule has 8 heteroatoms. The number of halogens is 3. The highest BCUT2D eigenvalue weighted by atomic mass is 19.4. The number of rotatable bonds is 1. The van der Waals surface area contributed by atoms with Gasteiger partial charge in [-0.05, 0) is 0 Å². The van der Waals surface area contributed by atoms with Crippen molar-refractivity contribution < 1.29 is 23.0 Å². The molecule has 15 heavy (non-hydrogen) atoms. The zero-order valence-corrected chi connectivity index (χ0v) is 7.04. The Hall–Kier alpha value is -2.17. The zero-order valence-electron chi connectivity index (χ0n) is 7.04. The molecule has 0 saturated carbocycles. The van der Waals surface area contributed by atoms with Crippen LogP contribution in [0.25, 0.3) is 0 Å². The maximum Gasteiger partial charge on any atom is 0.573 e. The van der Waals surface area contributed by atoms with E-state index in [4.69, 9.17) is 16.1 Å². The van der Waals surface area contributed by atoms with Gasteiger partial charge >= 0.3 is 6.36 Å². The Balaban J connectivity index is 3.28. The van der Waals surface area contributed by atoms with E-state index in [9.17, 15) is 13.2 Å². The summed E-state index contributed by atoms with van der Waals surface area (Å²) in [4.78, 5) is 3.22. The monoisotopic (exact) mass is 219 g/mol. The van der Waals surface area contributed by atoms with Crippen molar-refractivity contribution in [3.8, 4) is 17.6 Å². The summed E-state index contributed by atoms with van der Waals surface area (Å²) >= 11 is 0. The number of nitrogens with zero attached hydrogens (tertiary/aromatic N) is 2. The molecule has 0 bridgehead atoms. The molecule has 0 radical (unpaired) electrons. The Morgan fingerprint density at radius 2 is 2.13 bits per heavy atom. The molecule has 80 valence electrons. The zero-order chi connectivity index (χ0) is 11.6. The molecule has 0 unspecified atom stereocenters. The van der Waals surface area contributed by atoms with E-state index >= 15 is 0 Å². The quantitative estimate of drug-likeness (QED) is 0.738. The van der Waals surface area contributed by atoms with Gasteiger partial charge in [-0.15, -0.1) is 13.2 Å². The average Bonchev–Trinajstić information content (AvgIpc) is 2.10. The Kier molecular flexibility index (Phi) is 2.57. The molecule has 1 aromatic heterocycles. The van der Waals surface area contributed by atoms with Crippen molar-refractivity contribution in [2.75, 3.05) is 5.73 Å². The summed E-state index contributed by atoms with van der Waals surface area (Å²) in [7, 11) is 0. The number of nitriles is 1. The Morgan fingerprint density at radius 1 is 1.53 bits per heavy atom. The molecular weight excluding hydrogens is 215 g/mol. The maximum atomic E-state index is 11.9. The molecule has 0 aliphatic rings. The van der Waals surface area contributed by atoms with Crippen LogP contribution in [0.1, 0.15) is 5.56 Å². The first-order chi connectivity index (χ1) is 6.85. The van der Waals surface area contributed by atoms with Gasteiger partial charge in [-0.2, -0.15) is 5.26 Å². The molecule has 0 aliphatic carbocycles. The molecule has 0 amide bonds. The lowest BCUT2D eigenvalue weighted by atomic mass is 10.2. The van der Waals surface area contributed by atoms with E-state index in [1.165, 1.54) is 6.07 Å². The van der Waals surface area contributed by atoms with Crippen molar-refractivity contribution in [3.63, 3.8) is 0 Å². The Morgan fingerprint density at radius 3 is 2.60 bits per heavy atom. The van der Waals surface area contributed by atoms with Crippen LogP contribution < -0.4 is 10.5 Å². The molecule has 0 fully saturated rings. The number of nitrogen functional groups attached to an aromatic ring is 1. The first kappa shape index (κ1) is 10.9. The molecule has 1 aromatic rings.